The Morgan fingerprint density at radius 1 is 1.45 bits per heavy atom. The van der Waals surface area contributed by atoms with Crippen LogP contribution in [0.2, 0.25) is 0 Å². The fourth-order valence-corrected chi connectivity index (χ4v) is 2.12. The van der Waals surface area contributed by atoms with Gasteiger partial charge in [0.25, 0.3) is 0 Å². The monoisotopic (exact) mass is 235 g/mol. The molecule has 0 bridgehead atoms. The van der Waals surface area contributed by atoms with Gasteiger partial charge in [0, 0.05) is 11.4 Å². The molecule has 0 radical (unpaired) electrons. The van der Waals surface area contributed by atoms with Crippen LogP contribution in [0.25, 0.3) is 0 Å². The van der Waals surface area contributed by atoms with E-state index in [0.717, 1.165) is 6.54 Å². The van der Waals surface area contributed by atoms with Crippen LogP contribution in [-0.2, 0) is 6.54 Å². The van der Waals surface area contributed by atoms with Gasteiger partial charge in [-0.2, -0.15) is 0 Å². The van der Waals surface area contributed by atoms with E-state index in [9.17, 15) is 0 Å². The second kappa shape index (κ2) is 6.83. The van der Waals surface area contributed by atoms with Crippen molar-refractivity contribution < 1.29 is 0 Å². The molecule has 3 heteroatoms. The van der Waals surface area contributed by atoms with Crippen LogP contribution in [0.3, 0.4) is 0 Å². The molecule has 0 fully saturated rings. The minimum Gasteiger partial charge on any atom is -0.315 e. The van der Waals surface area contributed by atoms with Crippen LogP contribution in [0, 0.1) is 0 Å². The first-order chi connectivity index (χ1) is 5.33. The Balaban J connectivity index is 0.000000461. The standard InChI is InChI=1S/C6H8BrNS.C2H6/c1-8-4-5-2-3-6(7)9-5;1-2/h2-3,8H,4H2,1H3;1-2H3. The number of rotatable bonds is 2. The molecule has 1 aromatic heterocycles. The molecule has 0 aliphatic rings. The summed E-state index contributed by atoms with van der Waals surface area (Å²) in [7, 11) is 1.95. The topological polar surface area (TPSA) is 12.0 Å². The first-order valence-corrected chi connectivity index (χ1v) is 5.32. The van der Waals surface area contributed by atoms with Crippen molar-refractivity contribution in [3.8, 4) is 0 Å². The second-order valence-electron chi connectivity index (χ2n) is 1.74. The maximum absolute atomic E-state index is 3.39. The van der Waals surface area contributed by atoms with E-state index in [1.807, 2.05) is 20.9 Å². The molecule has 0 atom stereocenters. The van der Waals surface area contributed by atoms with Gasteiger partial charge in [-0.1, -0.05) is 13.8 Å². The average Bonchev–Trinajstić information content (AvgIpc) is 2.41. The molecule has 1 heterocycles. The molecule has 64 valence electrons. The van der Waals surface area contributed by atoms with E-state index in [1.54, 1.807) is 11.3 Å². The van der Waals surface area contributed by atoms with E-state index >= 15 is 0 Å². The zero-order chi connectivity index (χ0) is 8.69. The zero-order valence-corrected chi connectivity index (χ0v) is 9.55. The minimum absolute atomic E-state index is 0.969. The first-order valence-electron chi connectivity index (χ1n) is 3.72. The summed E-state index contributed by atoms with van der Waals surface area (Å²) in [6, 6.07) is 4.18. The Hall–Kier alpha value is 0.140. The van der Waals surface area contributed by atoms with Crippen molar-refractivity contribution in [2.75, 3.05) is 7.05 Å². The third kappa shape index (κ3) is 4.56. The van der Waals surface area contributed by atoms with E-state index in [1.165, 1.54) is 8.66 Å². The summed E-state index contributed by atoms with van der Waals surface area (Å²) in [6.07, 6.45) is 0. The normalized spacial score (nSPS) is 8.73. The van der Waals surface area contributed by atoms with E-state index in [-0.39, 0.29) is 0 Å². The molecule has 1 N–H and O–H groups in total. The third-order valence-corrected chi connectivity index (χ3v) is 2.60. The lowest BCUT2D eigenvalue weighted by Crippen LogP contribution is -2.02. The SMILES string of the molecule is CC.CNCc1ccc(Br)s1. The van der Waals surface area contributed by atoms with Gasteiger partial charge >= 0.3 is 0 Å². The molecule has 1 aromatic rings. The molecular weight excluding hydrogens is 222 g/mol. The Morgan fingerprint density at radius 3 is 2.45 bits per heavy atom. The summed E-state index contributed by atoms with van der Waals surface area (Å²) in [5.74, 6) is 0. The van der Waals surface area contributed by atoms with Crippen molar-refractivity contribution in [1.29, 1.82) is 0 Å². The maximum Gasteiger partial charge on any atom is 0.0701 e. The molecule has 0 amide bonds. The fourth-order valence-electron chi connectivity index (χ4n) is 0.621. The molecule has 0 aliphatic carbocycles. The number of hydrogen-bond donors (Lipinski definition) is 1. The summed E-state index contributed by atoms with van der Waals surface area (Å²) in [5.41, 5.74) is 0. The van der Waals surface area contributed by atoms with Gasteiger partial charge in [-0.3, -0.25) is 0 Å². The van der Waals surface area contributed by atoms with E-state index in [2.05, 4.69) is 33.4 Å². The lowest BCUT2D eigenvalue weighted by Gasteiger charge is -1.89. The Kier molecular flexibility index (Phi) is 6.91. The van der Waals surface area contributed by atoms with Crippen molar-refractivity contribution in [2.45, 2.75) is 20.4 Å². The highest BCUT2D eigenvalue weighted by atomic mass is 79.9. The van der Waals surface area contributed by atoms with Crippen molar-refractivity contribution in [3.63, 3.8) is 0 Å². The van der Waals surface area contributed by atoms with Gasteiger partial charge in [-0.25, -0.2) is 0 Å². The first kappa shape index (κ1) is 11.1. The summed E-state index contributed by atoms with van der Waals surface area (Å²) >= 11 is 5.16. The van der Waals surface area contributed by atoms with Crippen molar-refractivity contribution in [1.82, 2.24) is 5.32 Å². The molecule has 1 nitrogen and oxygen atoms in total. The highest BCUT2D eigenvalue weighted by Crippen LogP contribution is 2.21. The molecule has 0 spiro atoms. The van der Waals surface area contributed by atoms with Crippen LogP contribution in [0.4, 0.5) is 0 Å². The lowest BCUT2D eigenvalue weighted by atomic mass is 10.5. The van der Waals surface area contributed by atoms with E-state index < -0.39 is 0 Å². The summed E-state index contributed by atoms with van der Waals surface area (Å²) in [6.45, 7) is 4.97. The third-order valence-electron chi connectivity index (χ3n) is 0.980. The maximum atomic E-state index is 3.39. The predicted octanol–water partition coefficient (Wildman–Crippen LogP) is 3.26. The molecule has 0 aromatic carbocycles. The van der Waals surface area contributed by atoms with Crippen molar-refractivity contribution in [2.24, 2.45) is 0 Å². The van der Waals surface area contributed by atoms with Crippen molar-refractivity contribution in [3.05, 3.63) is 20.8 Å². The van der Waals surface area contributed by atoms with E-state index in [4.69, 9.17) is 0 Å². The lowest BCUT2D eigenvalue weighted by molar-refractivity contribution is 0.831. The minimum atomic E-state index is 0.969. The molecule has 0 aliphatic heterocycles. The Morgan fingerprint density at radius 2 is 2.09 bits per heavy atom. The molecule has 11 heavy (non-hydrogen) atoms. The Bertz CT molecular complexity index is 186. The fraction of sp³-hybridized carbons (Fsp3) is 0.500. The van der Waals surface area contributed by atoms with Crippen LogP contribution < -0.4 is 5.32 Å². The molecule has 0 unspecified atom stereocenters. The van der Waals surface area contributed by atoms with Crippen LogP contribution >= 0.6 is 27.3 Å². The number of nitrogens with one attached hydrogen (secondary N) is 1. The Labute approximate surface area is 81.0 Å². The van der Waals surface area contributed by atoms with E-state index in [0.29, 0.717) is 0 Å². The molecule has 1 rings (SSSR count). The quantitative estimate of drug-likeness (QED) is 0.831. The molecule has 0 saturated heterocycles. The van der Waals surface area contributed by atoms with Gasteiger partial charge in [-0.15, -0.1) is 11.3 Å². The van der Waals surface area contributed by atoms with Crippen LogP contribution in [0.1, 0.15) is 18.7 Å². The van der Waals surface area contributed by atoms with Crippen LogP contribution in [0.15, 0.2) is 15.9 Å². The smallest absolute Gasteiger partial charge is 0.0701 e. The summed E-state index contributed by atoms with van der Waals surface area (Å²) < 4.78 is 1.20. The van der Waals surface area contributed by atoms with Gasteiger partial charge in [0.1, 0.15) is 0 Å². The average molecular weight is 236 g/mol. The van der Waals surface area contributed by atoms with Gasteiger partial charge in [0.2, 0.25) is 0 Å². The highest BCUT2D eigenvalue weighted by Gasteiger charge is 1.93. The zero-order valence-electron chi connectivity index (χ0n) is 7.15. The van der Waals surface area contributed by atoms with Crippen LogP contribution in [-0.4, -0.2) is 7.05 Å². The number of thiophene rings is 1. The van der Waals surface area contributed by atoms with Gasteiger partial charge in [0.05, 0.1) is 3.79 Å². The van der Waals surface area contributed by atoms with Crippen LogP contribution in [0.5, 0.6) is 0 Å². The van der Waals surface area contributed by atoms with Gasteiger partial charge in [-0.05, 0) is 35.1 Å². The largest absolute Gasteiger partial charge is 0.315 e. The van der Waals surface area contributed by atoms with Gasteiger partial charge in [0.15, 0.2) is 0 Å². The number of hydrogen-bond acceptors (Lipinski definition) is 2. The second-order valence-corrected chi connectivity index (χ2v) is 4.28. The predicted molar refractivity (Wildman–Crippen MR) is 56.1 cm³/mol. The molecule has 0 saturated carbocycles. The van der Waals surface area contributed by atoms with Gasteiger partial charge < -0.3 is 5.32 Å². The summed E-state index contributed by atoms with van der Waals surface area (Å²) in [5, 5.41) is 3.09. The van der Waals surface area contributed by atoms with Crippen molar-refractivity contribution >= 4 is 27.3 Å². The highest BCUT2D eigenvalue weighted by molar-refractivity contribution is 9.11. The summed E-state index contributed by atoms with van der Waals surface area (Å²) in [4.78, 5) is 1.37. The molecular formula is C8H14BrNS. The number of halogens is 1.